The summed E-state index contributed by atoms with van der Waals surface area (Å²) in [6.45, 7) is 0.0909. The third-order valence-corrected chi connectivity index (χ3v) is 2.31. The lowest BCUT2D eigenvalue weighted by Gasteiger charge is -2.12. The molecule has 0 bridgehead atoms. The van der Waals surface area contributed by atoms with Crippen LogP contribution in [-0.2, 0) is 4.79 Å². The quantitative estimate of drug-likeness (QED) is 0.854. The highest BCUT2D eigenvalue weighted by molar-refractivity contribution is 6.35. The van der Waals surface area contributed by atoms with E-state index in [2.05, 4.69) is 0 Å². The van der Waals surface area contributed by atoms with Gasteiger partial charge in [0.05, 0.1) is 11.4 Å². The van der Waals surface area contributed by atoms with Gasteiger partial charge in [0.25, 0.3) is 0 Å². The lowest BCUT2D eigenvalue weighted by molar-refractivity contribution is -0.137. The standard InChI is InChI=1S/C10H11Cl2NO3/c11-6-1-2-9(8(12)3-6)16-5-7(13)4-10(14)15/h1-3,7H,4-5,13H2,(H,14,15). The smallest absolute Gasteiger partial charge is 0.305 e. The number of benzene rings is 1. The van der Waals surface area contributed by atoms with E-state index in [9.17, 15) is 4.79 Å². The predicted molar refractivity (Wildman–Crippen MR) is 62.2 cm³/mol. The van der Waals surface area contributed by atoms with Gasteiger partial charge in [0.2, 0.25) is 0 Å². The molecule has 1 rings (SSSR count). The third-order valence-electron chi connectivity index (χ3n) is 1.78. The summed E-state index contributed by atoms with van der Waals surface area (Å²) in [5, 5.41) is 9.37. The van der Waals surface area contributed by atoms with Gasteiger partial charge >= 0.3 is 5.97 Å². The fraction of sp³-hybridized carbons (Fsp3) is 0.300. The number of hydrogen-bond acceptors (Lipinski definition) is 3. The molecule has 6 heteroatoms. The molecule has 0 radical (unpaired) electrons. The molecule has 0 aliphatic heterocycles. The summed E-state index contributed by atoms with van der Waals surface area (Å²) in [7, 11) is 0. The second kappa shape index (κ2) is 5.94. The van der Waals surface area contributed by atoms with E-state index in [4.69, 9.17) is 38.8 Å². The Hall–Kier alpha value is -0.970. The van der Waals surface area contributed by atoms with Crippen molar-refractivity contribution in [2.45, 2.75) is 12.5 Å². The number of nitrogens with two attached hydrogens (primary N) is 1. The van der Waals surface area contributed by atoms with Gasteiger partial charge in [0.1, 0.15) is 12.4 Å². The molecule has 1 atom stereocenters. The van der Waals surface area contributed by atoms with Crippen LogP contribution in [0.1, 0.15) is 6.42 Å². The van der Waals surface area contributed by atoms with E-state index < -0.39 is 12.0 Å². The molecule has 0 saturated carbocycles. The first-order chi connectivity index (χ1) is 7.49. The highest BCUT2D eigenvalue weighted by Gasteiger charge is 2.10. The first-order valence-corrected chi connectivity index (χ1v) is 5.30. The Morgan fingerprint density at radius 3 is 2.75 bits per heavy atom. The SMILES string of the molecule is NC(COc1ccc(Cl)cc1Cl)CC(=O)O. The summed E-state index contributed by atoms with van der Waals surface area (Å²) in [5.41, 5.74) is 5.53. The molecule has 0 saturated heterocycles. The van der Waals surface area contributed by atoms with Crippen LogP contribution in [0.4, 0.5) is 0 Å². The zero-order chi connectivity index (χ0) is 12.1. The third kappa shape index (κ3) is 4.26. The molecule has 0 amide bonds. The Balaban J connectivity index is 2.51. The van der Waals surface area contributed by atoms with Crippen molar-refractivity contribution < 1.29 is 14.6 Å². The Morgan fingerprint density at radius 1 is 1.50 bits per heavy atom. The maximum absolute atomic E-state index is 10.4. The number of rotatable bonds is 5. The van der Waals surface area contributed by atoms with Gasteiger partial charge < -0.3 is 15.6 Å². The molecule has 0 aliphatic rings. The topological polar surface area (TPSA) is 72.5 Å². The number of aliphatic carboxylic acids is 1. The molecule has 0 aromatic heterocycles. The minimum atomic E-state index is -0.960. The zero-order valence-corrected chi connectivity index (χ0v) is 9.83. The van der Waals surface area contributed by atoms with Crippen LogP contribution in [0.25, 0.3) is 0 Å². The Kier molecular flexibility index (Phi) is 4.86. The van der Waals surface area contributed by atoms with Crippen LogP contribution in [-0.4, -0.2) is 23.7 Å². The summed E-state index contributed by atoms with van der Waals surface area (Å²) in [5.74, 6) is -0.523. The highest BCUT2D eigenvalue weighted by atomic mass is 35.5. The van der Waals surface area contributed by atoms with Crippen molar-refractivity contribution in [2.24, 2.45) is 5.73 Å². The van der Waals surface area contributed by atoms with Crippen LogP contribution in [0.5, 0.6) is 5.75 Å². The maximum Gasteiger partial charge on any atom is 0.305 e. The average Bonchev–Trinajstić information content (AvgIpc) is 2.15. The van der Waals surface area contributed by atoms with E-state index in [0.29, 0.717) is 15.8 Å². The van der Waals surface area contributed by atoms with E-state index in [-0.39, 0.29) is 13.0 Å². The number of halogens is 2. The Bertz CT molecular complexity index is 384. The molecular formula is C10H11Cl2NO3. The Morgan fingerprint density at radius 2 is 2.19 bits per heavy atom. The van der Waals surface area contributed by atoms with E-state index in [0.717, 1.165) is 0 Å². The average molecular weight is 264 g/mol. The summed E-state index contributed by atoms with van der Waals surface area (Å²) >= 11 is 11.6. The Labute approximate surface area is 103 Å². The normalized spacial score (nSPS) is 12.2. The van der Waals surface area contributed by atoms with Crippen LogP contribution in [0, 0.1) is 0 Å². The first-order valence-electron chi connectivity index (χ1n) is 4.54. The van der Waals surface area contributed by atoms with Crippen molar-refractivity contribution >= 4 is 29.2 Å². The van der Waals surface area contributed by atoms with Crippen molar-refractivity contribution in [1.29, 1.82) is 0 Å². The predicted octanol–water partition coefficient (Wildman–Crippen LogP) is 2.17. The van der Waals surface area contributed by atoms with E-state index in [1.54, 1.807) is 18.2 Å². The molecule has 16 heavy (non-hydrogen) atoms. The molecule has 4 nitrogen and oxygen atoms in total. The van der Waals surface area contributed by atoms with Gasteiger partial charge in [-0.05, 0) is 18.2 Å². The van der Waals surface area contributed by atoms with Gasteiger partial charge in [-0.15, -0.1) is 0 Å². The van der Waals surface area contributed by atoms with E-state index in [1.807, 2.05) is 0 Å². The van der Waals surface area contributed by atoms with Crippen LogP contribution in [0.3, 0.4) is 0 Å². The lowest BCUT2D eigenvalue weighted by Crippen LogP contribution is -2.30. The van der Waals surface area contributed by atoms with Gasteiger partial charge in [-0.2, -0.15) is 0 Å². The van der Waals surface area contributed by atoms with Crippen LogP contribution >= 0.6 is 23.2 Å². The van der Waals surface area contributed by atoms with Crippen LogP contribution in [0.15, 0.2) is 18.2 Å². The van der Waals surface area contributed by atoms with Crippen LogP contribution in [0.2, 0.25) is 10.0 Å². The monoisotopic (exact) mass is 263 g/mol. The largest absolute Gasteiger partial charge is 0.490 e. The van der Waals surface area contributed by atoms with Crippen molar-refractivity contribution in [1.82, 2.24) is 0 Å². The van der Waals surface area contributed by atoms with Crippen molar-refractivity contribution in [3.05, 3.63) is 28.2 Å². The van der Waals surface area contributed by atoms with Gasteiger partial charge in [0, 0.05) is 11.1 Å². The second-order valence-electron chi connectivity index (χ2n) is 3.24. The summed E-state index contributed by atoms with van der Waals surface area (Å²) in [4.78, 5) is 10.4. The van der Waals surface area contributed by atoms with Gasteiger partial charge in [-0.3, -0.25) is 4.79 Å². The molecule has 1 aromatic carbocycles. The van der Waals surface area contributed by atoms with Gasteiger partial charge in [-0.25, -0.2) is 0 Å². The number of carboxylic acids is 1. The molecule has 88 valence electrons. The molecule has 0 fully saturated rings. The fourth-order valence-electron chi connectivity index (χ4n) is 1.07. The zero-order valence-electron chi connectivity index (χ0n) is 8.32. The van der Waals surface area contributed by atoms with Gasteiger partial charge in [-0.1, -0.05) is 23.2 Å². The van der Waals surface area contributed by atoms with Crippen molar-refractivity contribution in [2.75, 3.05) is 6.61 Å². The molecule has 1 aromatic rings. The second-order valence-corrected chi connectivity index (χ2v) is 4.09. The lowest BCUT2D eigenvalue weighted by atomic mass is 10.2. The van der Waals surface area contributed by atoms with Crippen molar-refractivity contribution in [3.63, 3.8) is 0 Å². The fourth-order valence-corrected chi connectivity index (χ4v) is 1.54. The molecule has 1 unspecified atom stereocenters. The summed E-state index contributed by atoms with van der Waals surface area (Å²) in [6, 6.07) is 4.22. The minimum absolute atomic E-state index is 0.0909. The van der Waals surface area contributed by atoms with E-state index >= 15 is 0 Å². The number of carbonyl (C=O) groups is 1. The number of carboxylic acid groups (broad SMARTS) is 1. The first kappa shape index (κ1) is 13.1. The summed E-state index contributed by atoms with van der Waals surface area (Å²) in [6.07, 6.45) is -0.148. The number of hydrogen-bond donors (Lipinski definition) is 2. The highest BCUT2D eigenvalue weighted by Crippen LogP contribution is 2.27. The molecule has 3 N–H and O–H groups in total. The molecular weight excluding hydrogens is 253 g/mol. The molecule has 0 spiro atoms. The minimum Gasteiger partial charge on any atom is -0.490 e. The van der Waals surface area contributed by atoms with E-state index in [1.165, 1.54) is 0 Å². The molecule has 0 aliphatic carbocycles. The van der Waals surface area contributed by atoms with Crippen molar-refractivity contribution in [3.8, 4) is 5.75 Å². The summed E-state index contributed by atoms with van der Waals surface area (Å²) < 4.78 is 5.28. The van der Waals surface area contributed by atoms with Crippen LogP contribution < -0.4 is 10.5 Å². The molecule has 0 heterocycles. The maximum atomic E-state index is 10.4. The van der Waals surface area contributed by atoms with Gasteiger partial charge in [0.15, 0.2) is 0 Å². The number of ether oxygens (including phenoxy) is 1.